The Morgan fingerprint density at radius 3 is 2.79 bits per heavy atom. The van der Waals surface area contributed by atoms with Gasteiger partial charge >= 0.3 is 6.09 Å². The summed E-state index contributed by atoms with van der Waals surface area (Å²) < 4.78 is 0. The number of nitrogens with zero attached hydrogens (tertiary/aromatic N) is 3. The number of nitrogens with one attached hydrogen (secondary N) is 3. The Bertz CT molecular complexity index is 1320. The summed E-state index contributed by atoms with van der Waals surface area (Å²) in [7, 11) is 0. The van der Waals surface area contributed by atoms with E-state index in [1.165, 1.54) is 4.90 Å². The number of carboxylic acid groups (broad SMARTS) is 1. The molecule has 1 aromatic carbocycles. The van der Waals surface area contributed by atoms with Gasteiger partial charge in [0.25, 0.3) is 0 Å². The van der Waals surface area contributed by atoms with Gasteiger partial charge in [0.15, 0.2) is 0 Å². The molecule has 1 aliphatic heterocycles. The molecule has 1 amide bonds. The normalized spacial score (nSPS) is 26.1. The fourth-order valence-electron chi connectivity index (χ4n) is 6.14. The number of piperidine rings is 1. The number of amides is 1. The molecule has 9 nitrogen and oxygen atoms in total. The molecule has 2 unspecified atom stereocenters. The molecule has 0 radical (unpaired) electrons. The van der Waals surface area contributed by atoms with Gasteiger partial charge in [-0.25, -0.2) is 14.8 Å². The van der Waals surface area contributed by atoms with E-state index in [4.69, 9.17) is 16.6 Å². The number of para-hydroxylation sites is 1. The van der Waals surface area contributed by atoms with Crippen LogP contribution in [-0.4, -0.2) is 73.0 Å². The fraction of sp³-hybridized carbons (Fsp3) is 0.552. The number of hydrogen-bond donors (Lipinski definition) is 5. The number of carbonyl (C=O) groups is 1. The average Bonchev–Trinajstić information content (AvgIpc) is 3.32. The van der Waals surface area contributed by atoms with Gasteiger partial charge in [0.05, 0.1) is 22.5 Å². The van der Waals surface area contributed by atoms with Gasteiger partial charge in [-0.3, -0.25) is 0 Å². The molecule has 1 aliphatic carbocycles. The van der Waals surface area contributed by atoms with Gasteiger partial charge in [-0.15, -0.1) is 0 Å². The van der Waals surface area contributed by atoms with Crippen LogP contribution in [0.1, 0.15) is 59.3 Å². The smallest absolute Gasteiger partial charge is 0.407 e. The maximum absolute atomic E-state index is 11.8. The van der Waals surface area contributed by atoms with Gasteiger partial charge in [0.1, 0.15) is 0 Å². The van der Waals surface area contributed by atoms with E-state index in [0.29, 0.717) is 42.6 Å². The van der Waals surface area contributed by atoms with Crippen LogP contribution in [0.2, 0.25) is 5.02 Å². The lowest BCUT2D eigenvalue weighted by Gasteiger charge is -2.48. The summed E-state index contributed by atoms with van der Waals surface area (Å²) in [5.41, 5.74) is 1.48. The summed E-state index contributed by atoms with van der Waals surface area (Å²) in [6, 6.07) is 8.27. The quantitative estimate of drug-likeness (QED) is 0.272. The first kappa shape index (κ1) is 27.7. The number of benzene rings is 1. The second-order valence-corrected chi connectivity index (χ2v) is 12.7. The number of anilines is 1. The Morgan fingerprint density at radius 1 is 1.26 bits per heavy atom. The molecule has 0 spiro atoms. The van der Waals surface area contributed by atoms with Gasteiger partial charge in [0.2, 0.25) is 5.95 Å². The molecule has 2 aromatic heterocycles. The first-order chi connectivity index (χ1) is 18.5. The predicted molar refractivity (Wildman–Crippen MR) is 154 cm³/mol. The Morgan fingerprint density at radius 2 is 2.03 bits per heavy atom. The van der Waals surface area contributed by atoms with Crippen LogP contribution >= 0.6 is 11.6 Å². The van der Waals surface area contributed by atoms with E-state index < -0.39 is 11.7 Å². The second kappa shape index (κ2) is 10.9. The fourth-order valence-corrected chi connectivity index (χ4v) is 6.33. The third-order valence-electron chi connectivity index (χ3n) is 8.33. The Kier molecular flexibility index (Phi) is 7.77. The van der Waals surface area contributed by atoms with Crippen molar-refractivity contribution in [3.05, 3.63) is 41.7 Å². The van der Waals surface area contributed by atoms with E-state index in [2.05, 4.69) is 20.6 Å². The van der Waals surface area contributed by atoms with Gasteiger partial charge < -0.3 is 30.7 Å². The molecule has 1 saturated carbocycles. The summed E-state index contributed by atoms with van der Waals surface area (Å²) in [6.45, 7) is 6.90. The Labute approximate surface area is 234 Å². The minimum Gasteiger partial charge on any atom is -0.465 e. The van der Waals surface area contributed by atoms with Crippen LogP contribution in [0.25, 0.3) is 22.2 Å². The van der Waals surface area contributed by atoms with Crippen molar-refractivity contribution in [2.45, 2.75) is 83.0 Å². The Hall–Kier alpha value is -2.88. The highest BCUT2D eigenvalue weighted by Crippen LogP contribution is 2.37. The first-order valence-electron chi connectivity index (χ1n) is 13.8. The summed E-state index contributed by atoms with van der Waals surface area (Å²) >= 11 is 6.51. The highest BCUT2D eigenvalue weighted by Gasteiger charge is 2.45. The maximum atomic E-state index is 11.8. The van der Waals surface area contributed by atoms with Crippen molar-refractivity contribution in [1.29, 1.82) is 0 Å². The van der Waals surface area contributed by atoms with E-state index in [0.717, 1.165) is 42.1 Å². The number of fused-ring (bicyclic) bond motifs is 1. The number of rotatable bonds is 6. The number of H-pyrrole nitrogens is 1. The van der Waals surface area contributed by atoms with Crippen molar-refractivity contribution < 1.29 is 15.0 Å². The predicted octanol–water partition coefficient (Wildman–Crippen LogP) is 5.51. The van der Waals surface area contributed by atoms with Crippen LogP contribution < -0.4 is 10.6 Å². The second-order valence-electron chi connectivity index (χ2n) is 12.3. The lowest BCUT2D eigenvalue weighted by molar-refractivity contribution is -0.0642. The molecule has 210 valence electrons. The van der Waals surface area contributed by atoms with Crippen molar-refractivity contribution in [3.63, 3.8) is 0 Å². The monoisotopic (exact) mass is 554 g/mol. The molecule has 3 heterocycles. The van der Waals surface area contributed by atoms with Crippen molar-refractivity contribution in [1.82, 2.24) is 25.2 Å². The zero-order valence-electron chi connectivity index (χ0n) is 22.9. The van der Waals surface area contributed by atoms with Gasteiger partial charge in [-0.2, -0.15) is 0 Å². The standard InChI is InChI=1S/C29H39ClN6O3/c1-28(2,3)24-14-29(39,11-12-36(24)27(37)38)17-33-18-7-6-8-19(13-18)34-26-32-16-22(30)25(35-26)21-15-31-23-10-5-4-9-20(21)23/h4-5,9-10,15-16,18-19,24,31,33,39H,6-8,11-14,17H2,1-3H3,(H,37,38)(H,32,34,35)/t18-,19+,24?,29?/m0/s1. The summed E-state index contributed by atoms with van der Waals surface area (Å²) in [4.78, 5) is 25.8. The van der Waals surface area contributed by atoms with Crippen molar-refractivity contribution in [2.24, 2.45) is 5.41 Å². The molecule has 2 fully saturated rings. The lowest BCUT2D eigenvalue weighted by Crippen LogP contribution is -2.60. The molecule has 10 heteroatoms. The van der Waals surface area contributed by atoms with E-state index in [1.807, 2.05) is 51.2 Å². The highest BCUT2D eigenvalue weighted by molar-refractivity contribution is 6.33. The van der Waals surface area contributed by atoms with Crippen LogP contribution in [0.15, 0.2) is 36.7 Å². The number of aromatic amines is 1. The molecule has 4 atom stereocenters. The molecular weight excluding hydrogens is 516 g/mol. The largest absolute Gasteiger partial charge is 0.465 e. The topological polar surface area (TPSA) is 126 Å². The van der Waals surface area contributed by atoms with Gasteiger partial charge in [-0.05, 0) is 50.0 Å². The van der Waals surface area contributed by atoms with Crippen LogP contribution in [0, 0.1) is 5.41 Å². The third kappa shape index (κ3) is 6.15. The maximum Gasteiger partial charge on any atom is 0.407 e. The first-order valence-corrected chi connectivity index (χ1v) is 14.2. The molecule has 3 aromatic rings. The summed E-state index contributed by atoms with van der Waals surface area (Å²) in [6.07, 6.45) is 7.50. The number of aromatic nitrogens is 3. The van der Waals surface area contributed by atoms with E-state index in [-0.39, 0.29) is 23.5 Å². The number of hydrogen-bond acceptors (Lipinski definition) is 6. The highest BCUT2D eigenvalue weighted by atomic mass is 35.5. The minimum atomic E-state index is -0.933. The molecule has 2 aliphatic rings. The van der Waals surface area contributed by atoms with Gasteiger partial charge in [0, 0.05) is 53.9 Å². The molecular formula is C29H39ClN6O3. The van der Waals surface area contributed by atoms with Crippen LogP contribution in [0.5, 0.6) is 0 Å². The molecule has 5 rings (SSSR count). The van der Waals surface area contributed by atoms with Crippen LogP contribution in [0.4, 0.5) is 10.7 Å². The molecule has 39 heavy (non-hydrogen) atoms. The zero-order chi connectivity index (χ0) is 27.8. The van der Waals surface area contributed by atoms with E-state index >= 15 is 0 Å². The molecule has 5 N–H and O–H groups in total. The van der Waals surface area contributed by atoms with Crippen LogP contribution in [0.3, 0.4) is 0 Å². The Balaban J connectivity index is 1.22. The minimum absolute atomic E-state index is 0.194. The third-order valence-corrected chi connectivity index (χ3v) is 8.61. The van der Waals surface area contributed by atoms with Gasteiger partial charge in [-0.1, -0.05) is 50.6 Å². The van der Waals surface area contributed by atoms with Crippen molar-refractivity contribution >= 4 is 34.5 Å². The summed E-state index contributed by atoms with van der Waals surface area (Å²) in [5.74, 6) is 0.554. The number of halogens is 1. The van der Waals surface area contributed by atoms with E-state index in [9.17, 15) is 15.0 Å². The van der Waals surface area contributed by atoms with Crippen molar-refractivity contribution in [3.8, 4) is 11.3 Å². The zero-order valence-corrected chi connectivity index (χ0v) is 23.6. The lowest BCUT2D eigenvalue weighted by atomic mass is 9.75. The molecule has 0 bridgehead atoms. The number of likely N-dealkylation sites (tertiary alicyclic amines) is 1. The van der Waals surface area contributed by atoms with E-state index in [1.54, 1.807) is 6.20 Å². The SMILES string of the molecule is CC(C)(C)C1CC(O)(CN[C@H]2CCC[C@@H](Nc3ncc(Cl)c(-c4c[nH]c5ccccc45)n3)C2)CCN1C(=O)O. The van der Waals surface area contributed by atoms with Crippen LogP contribution in [-0.2, 0) is 0 Å². The molecule has 1 saturated heterocycles. The average molecular weight is 555 g/mol. The summed E-state index contributed by atoms with van der Waals surface area (Å²) in [5, 5.41) is 29.8. The van der Waals surface area contributed by atoms with Crippen molar-refractivity contribution in [2.75, 3.05) is 18.4 Å². The number of aliphatic hydroxyl groups is 1.